The number of hydrogen-bond acceptors (Lipinski definition) is 5. The standard InChI is InChI=1S/C17H18Cl2N4O2S/c1-2-3-6-22-17(25)23-16(24)14-13(11(8-20)15(21)26-14)10-5-4-9(18)7-12(10)19/h4-5,7,13-14H,2-3,6,21H2,1H3,(H2,22,23,24,25). The zero-order valence-corrected chi connectivity index (χ0v) is 16.3. The number of hydrogen-bond donors (Lipinski definition) is 3. The molecule has 0 saturated heterocycles. The van der Waals surface area contributed by atoms with Crippen LogP contribution in [0.2, 0.25) is 10.0 Å². The largest absolute Gasteiger partial charge is 0.393 e. The minimum atomic E-state index is -0.778. The first-order valence-electron chi connectivity index (χ1n) is 7.99. The van der Waals surface area contributed by atoms with E-state index in [0.717, 1.165) is 24.6 Å². The minimum Gasteiger partial charge on any atom is -0.393 e. The van der Waals surface area contributed by atoms with Gasteiger partial charge < -0.3 is 11.1 Å². The van der Waals surface area contributed by atoms with E-state index in [1.54, 1.807) is 18.2 Å². The number of nitrogens with one attached hydrogen (secondary N) is 2. The summed E-state index contributed by atoms with van der Waals surface area (Å²) < 4.78 is 0. The van der Waals surface area contributed by atoms with E-state index < -0.39 is 23.1 Å². The van der Waals surface area contributed by atoms with E-state index in [1.807, 2.05) is 13.0 Å². The Labute approximate surface area is 166 Å². The SMILES string of the molecule is CCCCNC(=O)NC(=O)C1SC(N)=C(C#N)C1c1ccc(Cl)cc1Cl. The number of amides is 3. The molecule has 0 radical (unpaired) electrons. The highest BCUT2D eigenvalue weighted by Crippen LogP contribution is 2.47. The van der Waals surface area contributed by atoms with Crippen LogP contribution < -0.4 is 16.4 Å². The highest BCUT2D eigenvalue weighted by Gasteiger charge is 2.42. The number of nitriles is 1. The predicted molar refractivity (Wildman–Crippen MR) is 104 cm³/mol. The Hall–Kier alpha value is -1.88. The molecule has 0 saturated carbocycles. The van der Waals surface area contributed by atoms with Gasteiger partial charge in [0.1, 0.15) is 5.25 Å². The first kappa shape index (κ1) is 20.4. The van der Waals surface area contributed by atoms with E-state index in [9.17, 15) is 14.9 Å². The van der Waals surface area contributed by atoms with Crippen LogP contribution in [0.25, 0.3) is 0 Å². The van der Waals surface area contributed by atoms with Crippen molar-refractivity contribution in [3.8, 4) is 6.07 Å². The number of benzene rings is 1. The molecular weight excluding hydrogens is 395 g/mol. The van der Waals surface area contributed by atoms with Gasteiger partial charge in [-0.15, -0.1) is 0 Å². The molecule has 1 aliphatic heterocycles. The van der Waals surface area contributed by atoms with Gasteiger partial charge in [0.25, 0.3) is 0 Å². The molecule has 1 aliphatic rings. The number of carbonyl (C=O) groups excluding carboxylic acids is 2. The van der Waals surface area contributed by atoms with Crippen LogP contribution in [0.4, 0.5) is 4.79 Å². The maximum Gasteiger partial charge on any atom is 0.321 e. The van der Waals surface area contributed by atoms with Crippen LogP contribution in [0.15, 0.2) is 28.8 Å². The molecule has 6 nitrogen and oxygen atoms in total. The molecule has 3 amide bonds. The van der Waals surface area contributed by atoms with Crippen molar-refractivity contribution in [2.24, 2.45) is 5.73 Å². The van der Waals surface area contributed by atoms with Crippen molar-refractivity contribution in [3.05, 3.63) is 44.4 Å². The van der Waals surface area contributed by atoms with E-state index in [1.165, 1.54) is 0 Å². The van der Waals surface area contributed by atoms with Crippen LogP contribution in [-0.4, -0.2) is 23.7 Å². The number of imide groups is 1. The molecule has 9 heteroatoms. The Kier molecular flexibility index (Phi) is 7.21. The van der Waals surface area contributed by atoms with Gasteiger partial charge in [0.15, 0.2) is 0 Å². The molecule has 4 N–H and O–H groups in total. The van der Waals surface area contributed by atoms with Gasteiger partial charge in [0.05, 0.1) is 16.7 Å². The Morgan fingerprint density at radius 3 is 2.73 bits per heavy atom. The highest BCUT2D eigenvalue weighted by atomic mass is 35.5. The van der Waals surface area contributed by atoms with Crippen molar-refractivity contribution in [1.82, 2.24) is 10.6 Å². The van der Waals surface area contributed by atoms with Gasteiger partial charge in [-0.2, -0.15) is 5.26 Å². The molecule has 1 heterocycles. The fourth-order valence-electron chi connectivity index (χ4n) is 2.58. The molecule has 1 aromatic rings. The van der Waals surface area contributed by atoms with Gasteiger partial charge in [-0.05, 0) is 24.1 Å². The maximum atomic E-state index is 12.6. The monoisotopic (exact) mass is 412 g/mol. The summed E-state index contributed by atoms with van der Waals surface area (Å²) in [6.07, 6.45) is 1.74. The number of urea groups is 1. The zero-order valence-electron chi connectivity index (χ0n) is 14.0. The maximum absolute atomic E-state index is 12.6. The number of nitrogens with two attached hydrogens (primary N) is 1. The smallest absolute Gasteiger partial charge is 0.321 e. The molecule has 138 valence electrons. The van der Waals surface area contributed by atoms with Crippen molar-refractivity contribution < 1.29 is 9.59 Å². The van der Waals surface area contributed by atoms with Gasteiger partial charge >= 0.3 is 6.03 Å². The second-order valence-electron chi connectivity index (χ2n) is 5.67. The van der Waals surface area contributed by atoms with Gasteiger partial charge in [0, 0.05) is 22.5 Å². The molecule has 2 rings (SSSR count). The Morgan fingerprint density at radius 2 is 2.12 bits per heavy atom. The summed E-state index contributed by atoms with van der Waals surface area (Å²) >= 11 is 13.2. The van der Waals surface area contributed by atoms with E-state index in [4.69, 9.17) is 28.9 Å². The molecule has 2 unspecified atom stereocenters. The molecular formula is C17H18Cl2N4O2S. The fraction of sp³-hybridized carbons (Fsp3) is 0.353. The van der Waals surface area contributed by atoms with Crippen molar-refractivity contribution in [3.63, 3.8) is 0 Å². The van der Waals surface area contributed by atoms with Crippen molar-refractivity contribution in [2.45, 2.75) is 30.9 Å². The summed E-state index contributed by atoms with van der Waals surface area (Å²) in [5.74, 6) is -1.19. The van der Waals surface area contributed by atoms with E-state index in [0.29, 0.717) is 22.2 Å². The molecule has 2 atom stereocenters. The molecule has 0 fully saturated rings. The lowest BCUT2D eigenvalue weighted by molar-refractivity contribution is -0.119. The lowest BCUT2D eigenvalue weighted by atomic mass is 9.88. The molecule has 0 bridgehead atoms. The third-order valence-electron chi connectivity index (χ3n) is 3.86. The Morgan fingerprint density at radius 1 is 1.38 bits per heavy atom. The topological polar surface area (TPSA) is 108 Å². The number of nitrogens with zero attached hydrogens (tertiary/aromatic N) is 1. The molecule has 0 aliphatic carbocycles. The van der Waals surface area contributed by atoms with Gasteiger partial charge in [0.2, 0.25) is 5.91 Å². The second-order valence-corrected chi connectivity index (χ2v) is 7.70. The lowest BCUT2D eigenvalue weighted by Gasteiger charge is -2.20. The lowest BCUT2D eigenvalue weighted by Crippen LogP contribution is -2.44. The van der Waals surface area contributed by atoms with E-state index in [-0.39, 0.29) is 10.6 Å². The summed E-state index contributed by atoms with van der Waals surface area (Å²) in [6, 6.07) is 6.30. The third-order valence-corrected chi connectivity index (χ3v) is 5.64. The second kappa shape index (κ2) is 9.17. The number of unbranched alkanes of at least 4 members (excludes halogenated alkanes) is 1. The van der Waals surface area contributed by atoms with Crippen LogP contribution in [-0.2, 0) is 4.79 Å². The van der Waals surface area contributed by atoms with Crippen LogP contribution >= 0.6 is 35.0 Å². The molecule has 26 heavy (non-hydrogen) atoms. The van der Waals surface area contributed by atoms with E-state index in [2.05, 4.69) is 10.6 Å². The number of thioether (sulfide) groups is 1. The van der Waals surface area contributed by atoms with Crippen LogP contribution in [0.5, 0.6) is 0 Å². The number of carbonyl (C=O) groups is 2. The Balaban J connectivity index is 2.23. The van der Waals surface area contributed by atoms with Crippen molar-refractivity contribution in [2.75, 3.05) is 6.54 Å². The number of halogens is 2. The molecule has 0 aromatic heterocycles. The average Bonchev–Trinajstić information content (AvgIpc) is 2.91. The predicted octanol–water partition coefficient (Wildman–Crippen LogP) is 3.51. The van der Waals surface area contributed by atoms with Crippen LogP contribution in [0.3, 0.4) is 0 Å². The summed E-state index contributed by atoms with van der Waals surface area (Å²) in [5.41, 5.74) is 6.74. The van der Waals surface area contributed by atoms with Crippen molar-refractivity contribution in [1.29, 1.82) is 5.26 Å². The molecule has 0 spiro atoms. The summed E-state index contributed by atoms with van der Waals surface area (Å²) in [6.45, 7) is 2.47. The average molecular weight is 413 g/mol. The van der Waals surface area contributed by atoms with Crippen LogP contribution in [0.1, 0.15) is 31.2 Å². The first-order valence-corrected chi connectivity index (χ1v) is 9.62. The number of allylic oxidation sites excluding steroid dienone is 1. The van der Waals surface area contributed by atoms with Gasteiger partial charge in [-0.25, -0.2) is 4.79 Å². The minimum absolute atomic E-state index is 0.245. The van der Waals surface area contributed by atoms with Crippen LogP contribution in [0, 0.1) is 11.3 Å². The fourth-order valence-corrected chi connectivity index (χ4v) is 4.26. The van der Waals surface area contributed by atoms with E-state index >= 15 is 0 Å². The van der Waals surface area contributed by atoms with Gasteiger partial charge in [-0.3, -0.25) is 10.1 Å². The van der Waals surface area contributed by atoms with Crippen molar-refractivity contribution >= 4 is 46.9 Å². The quantitative estimate of drug-likeness (QED) is 0.641. The summed E-state index contributed by atoms with van der Waals surface area (Å²) in [5, 5.41) is 14.6. The summed E-state index contributed by atoms with van der Waals surface area (Å²) in [4.78, 5) is 24.5. The summed E-state index contributed by atoms with van der Waals surface area (Å²) in [7, 11) is 0. The Bertz CT molecular complexity index is 791. The van der Waals surface area contributed by atoms with Gasteiger partial charge in [-0.1, -0.05) is 54.4 Å². The first-order chi connectivity index (χ1) is 12.4. The molecule has 1 aromatic carbocycles. The normalized spacial score (nSPS) is 19.2. The number of rotatable bonds is 5. The zero-order chi connectivity index (χ0) is 19.3. The third kappa shape index (κ3) is 4.64. The highest BCUT2D eigenvalue weighted by molar-refractivity contribution is 8.04.